The van der Waals surface area contributed by atoms with Crippen molar-refractivity contribution >= 4 is 43.1 Å². The molecule has 0 bridgehead atoms. The van der Waals surface area contributed by atoms with Gasteiger partial charge in [0.1, 0.15) is 11.3 Å². The van der Waals surface area contributed by atoms with Crippen LogP contribution in [0.2, 0.25) is 0 Å². The van der Waals surface area contributed by atoms with Crippen molar-refractivity contribution < 1.29 is 12.8 Å². The first kappa shape index (κ1) is 15.5. The third-order valence-corrected chi connectivity index (χ3v) is 4.93. The van der Waals surface area contributed by atoms with E-state index in [-0.39, 0.29) is 4.90 Å². The predicted molar refractivity (Wildman–Crippen MR) is 93.0 cm³/mol. The third kappa shape index (κ3) is 2.80. The van der Waals surface area contributed by atoms with Crippen molar-refractivity contribution in [3.8, 4) is 0 Å². The van der Waals surface area contributed by atoms with Crippen molar-refractivity contribution in [3.05, 3.63) is 54.5 Å². The van der Waals surface area contributed by atoms with Crippen LogP contribution < -0.4 is 5.32 Å². The Morgan fingerprint density at radius 2 is 2.04 bits per heavy atom. The summed E-state index contributed by atoms with van der Waals surface area (Å²) in [5.74, 6) is -0.0119. The van der Waals surface area contributed by atoms with Crippen LogP contribution in [0.3, 0.4) is 0 Å². The predicted octanol–water partition coefficient (Wildman–Crippen LogP) is 3.20. The molecule has 0 aliphatic rings. The second-order valence-electron chi connectivity index (χ2n) is 5.62. The summed E-state index contributed by atoms with van der Waals surface area (Å²) >= 11 is 0. The van der Waals surface area contributed by atoms with Gasteiger partial charge < -0.3 is 5.32 Å². The minimum Gasteiger partial charge on any atom is -0.338 e. The van der Waals surface area contributed by atoms with E-state index in [0.717, 1.165) is 11.6 Å². The molecule has 0 saturated carbocycles. The number of nitrogens with one attached hydrogen (secondary N) is 2. The van der Waals surface area contributed by atoms with Crippen LogP contribution in [0.5, 0.6) is 0 Å². The molecule has 1 radical (unpaired) electrons. The number of benzene rings is 2. The number of hydrogen-bond donors (Lipinski definition) is 2. The van der Waals surface area contributed by atoms with Crippen LogP contribution in [0.4, 0.5) is 15.9 Å². The average Bonchev–Trinajstić information content (AvgIpc) is 3.04. The highest BCUT2D eigenvalue weighted by atomic mass is 32.2. The molecular weight excluding hydrogens is 343 g/mol. The maximum absolute atomic E-state index is 13.3. The number of hydrogen-bond acceptors (Lipinski definition) is 5. The average molecular weight is 355 g/mol. The summed E-state index contributed by atoms with van der Waals surface area (Å²) in [7, 11) is -3.33. The molecule has 0 amide bonds. The molecule has 4 rings (SSSR count). The smallest absolute Gasteiger partial charge is 0.175 e. The Labute approximate surface area is 142 Å². The fourth-order valence-electron chi connectivity index (χ4n) is 2.65. The normalized spacial score (nSPS) is 11.9. The molecule has 0 spiro atoms. The summed E-state index contributed by atoms with van der Waals surface area (Å²) in [5, 5.41) is 11.3. The molecular formula is C17H12FN4O2S. The Balaban J connectivity index is 1.92. The Morgan fingerprint density at radius 1 is 1.20 bits per heavy atom. The minimum atomic E-state index is -3.33. The standard InChI is InChI=1S/C17H12FN4O2S/c1-25(23,24)12-5-6-15-13(8-12)14-9-19-22-16(14)17(21-15)20-11-4-2-3-10(18)7-11/h2,4-9H,1H3,(H,19,22)(H,20,21). The molecule has 2 N–H and O–H groups in total. The van der Waals surface area contributed by atoms with Crippen molar-refractivity contribution in [2.45, 2.75) is 4.90 Å². The van der Waals surface area contributed by atoms with Crippen LogP contribution in [0.1, 0.15) is 0 Å². The van der Waals surface area contributed by atoms with Gasteiger partial charge in [-0.3, -0.25) is 5.10 Å². The van der Waals surface area contributed by atoms with Crippen LogP contribution in [-0.4, -0.2) is 29.9 Å². The van der Waals surface area contributed by atoms with Crippen LogP contribution in [0, 0.1) is 11.9 Å². The summed E-state index contributed by atoms with van der Waals surface area (Å²) in [5.41, 5.74) is 1.73. The highest BCUT2D eigenvalue weighted by Crippen LogP contribution is 2.31. The number of rotatable bonds is 3. The van der Waals surface area contributed by atoms with Crippen molar-refractivity contribution in [3.63, 3.8) is 0 Å². The highest BCUT2D eigenvalue weighted by molar-refractivity contribution is 7.90. The Morgan fingerprint density at radius 3 is 2.80 bits per heavy atom. The zero-order valence-electron chi connectivity index (χ0n) is 13.0. The maximum Gasteiger partial charge on any atom is 0.175 e. The molecule has 4 aromatic rings. The van der Waals surface area contributed by atoms with Gasteiger partial charge in [-0.05, 0) is 36.4 Å². The molecule has 0 atom stereocenters. The highest BCUT2D eigenvalue weighted by Gasteiger charge is 2.14. The van der Waals surface area contributed by atoms with Gasteiger partial charge in [-0.2, -0.15) is 5.10 Å². The molecule has 125 valence electrons. The summed E-state index contributed by atoms with van der Waals surface area (Å²) in [6.07, 6.45) is 2.76. The lowest BCUT2D eigenvalue weighted by Crippen LogP contribution is -1.99. The van der Waals surface area contributed by atoms with Crippen molar-refractivity contribution in [2.75, 3.05) is 11.6 Å². The third-order valence-electron chi connectivity index (χ3n) is 3.82. The van der Waals surface area contributed by atoms with Crippen LogP contribution in [-0.2, 0) is 9.84 Å². The number of H-pyrrole nitrogens is 1. The first-order valence-electron chi connectivity index (χ1n) is 7.33. The van der Waals surface area contributed by atoms with Gasteiger partial charge in [-0.1, -0.05) is 0 Å². The number of aromatic amines is 1. The van der Waals surface area contributed by atoms with E-state index in [4.69, 9.17) is 0 Å². The lowest BCUT2D eigenvalue weighted by molar-refractivity contribution is 0.602. The van der Waals surface area contributed by atoms with E-state index in [1.54, 1.807) is 24.4 Å². The van der Waals surface area contributed by atoms with Gasteiger partial charge in [0.2, 0.25) is 0 Å². The SMILES string of the molecule is CS(=O)(=O)c1ccc2nc(Nc3cc[c]c(F)c3)c3[nH]ncc3c2c1. The number of pyridine rings is 1. The van der Waals surface area contributed by atoms with E-state index in [1.165, 1.54) is 18.2 Å². The van der Waals surface area contributed by atoms with Gasteiger partial charge in [0.25, 0.3) is 0 Å². The summed E-state index contributed by atoms with van der Waals surface area (Å²) in [6, 6.07) is 11.6. The molecule has 0 aliphatic carbocycles. The summed E-state index contributed by atoms with van der Waals surface area (Å²) < 4.78 is 36.9. The molecule has 2 aromatic carbocycles. The molecule has 2 aromatic heterocycles. The van der Waals surface area contributed by atoms with Crippen LogP contribution in [0.15, 0.2) is 47.5 Å². The lowest BCUT2D eigenvalue weighted by Gasteiger charge is -2.09. The number of sulfone groups is 1. The minimum absolute atomic E-state index is 0.214. The van der Waals surface area contributed by atoms with Crippen molar-refractivity contribution in [2.24, 2.45) is 0 Å². The lowest BCUT2D eigenvalue weighted by atomic mass is 10.1. The van der Waals surface area contributed by atoms with Gasteiger partial charge in [-0.15, -0.1) is 0 Å². The van der Waals surface area contributed by atoms with Gasteiger partial charge in [0.15, 0.2) is 15.7 Å². The van der Waals surface area contributed by atoms with Gasteiger partial charge >= 0.3 is 0 Å². The van der Waals surface area contributed by atoms with Gasteiger partial charge in [-0.25, -0.2) is 17.8 Å². The molecule has 0 fully saturated rings. The van der Waals surface area contributed by atoms with Crippen molar-refractivity contribution in [1.82, 2.24) is 15.2 Å². The molecule has 0 saturated heterocycles. The second kappa shape index (κ2) is 5.52. The Hall–Kier alpha value is -3.00. The van der Waals surface area contributed by atoms with Crippen molar-refractivity contribution in [1.29, 1.82) is 0 Å². The largest absolute Gasteiger partial charge is 0.338 e. The number of aromatic nitrogens is 3. The van der Waals surface area contributed by atoms with E-state index in [0.29, 0.717) is 27.9 Å². The topological polar surface area (TPSA) is 87.7 Å². The first-order valence-corrected chi connectivity index (χ1v) is 9.22. The number of anilines is 2. The van der Waals surface area contributed by atoms with E-state index < -0.39 is 15.7 Å². The Bertz CT molecular complexity index is 1220. The first-order chi connectivity index (χ1) is 11.9. The molecule has 2 heterocycles. The van der Waals surface area contributed by atoms with Crippen LogP contribution >= 0.6 is 0 Å². The zero-order valence-corrected chi connectivity index (χ0v) is 13.9. The zero-order chi connectivity index (χ0) is 17.6. The maximum atomic E-state index is 13.3. The number of fused-ring (bicyclic) bond motifs is 3. The van der Waals surface area contributed by atoms with E-state index >= 15 is 0 Å². The fraction of sp³-hybridized carbons (Fsp3) is 0.0588. The summed E-state index contributed by atoms with van der Waals surface area (Å²) in [6.45, 7) is 0. The molecule has 8 heteroatoms. The fourth-order valence-corrected chi connectivity index (χ4v) is 3.30. The number of nitrogens with zero attached hydrogens (tertiary/aromatic N) is 2. The van der Waals surface area contributed by atoms with Gasteiger partial charge in [0.05, 0.1) is 16.6 Å². The van der Waals surface area contributed by atoms with Gasteiger partial charge in [0, 0.05) is 28.8 Å². The quantitative estimate of drug-likeness (QED) is 0.589. The number of halogens is 1. The second-order valence-corrected chi connectivity index (χ2v) is 7.64. The molecule has 25 heavy (non-hydrogen) atoms. The van der Waals surface area contributed by atoms with Crippen LogP contribution in [0.25, 0.3) is 21.8 Å². The summed E-state index contributed by atoms with van der Waals surface area (Å²) in [4.78, 5) is 4.73. The van der Waals surface area contributed by atoms with E-state index in [9.17, 15) is 12.8 Å². The molecule has 0 unspecified atom stereocenters. The monoisotopic (exact) mass is 355 g/mol. The molecule has 0 aliphatic heterocycles. The molecule has 6 nitrogen and oxygen atoms in total. The van der Waals surface area contributed by atoms with E-state index in [2.05, 4.69) is 26.6 Å². The Kier molecular flexibility index (Phi) is 3.43. The van der Waals surface area contributed by atoms with E-state index in [1.807, 2.05) is 0 Å².